The standard InChI is InChI=1S/C17H23N3O2.ClH/c21-16-8-3-6-14-5-1-2-7-15(14)20(16)13-17(22)19-11-4-9-18-10-12-19;/h1-2,5,7,18H,3-4,6,8-13H2;1H. The van der Waals surface area contributed by atoms with Gasteiger partial charge in [0.15, 0.2) is 0 Å². The number of halogens is 1. The Morgan fingerprint density at radius 3 is 2.78 bits per heavy atom. The number of nitrogens with zero attached hydrogens (tertiary/aromatic N) is 2. The first-order chi connectivity index (χ1) is 10.8. The van der Waals surface area contributed by atoms with E-state index in [0.29, 0.717) is 6.42 Å². The van der Waals surface area contributed by atoms with E-state index in [9.17, 15) is 9.59 Å². The van der Waals surface area contributed by atoms with Gasteiger partial charge in [-0.2, -0.15) is 0 Å². The molecule has 2 amide bonds. The molecule has 1 aromatic carbocycles. The fourth-order valence-corrected chi connectivity index (χ4v) is 3.19. The molecule has 0 aliphatic carbocycles. The summed E-state index contributed by atoms with van der Waals surface area (Å²) < 4.78 is 0. The van der Waals surface area contributed by atoms with Crippen molar-refractivity contribution in [3.63, 3.8) is 0 Å². The summed E-state index contributed by atoms with van der Waals surface area (Å²) in [6, 6.07) is 7.94. The minimum Gasteiger partial charge on any atom is -0.340 e. The lowest BCUT2D eigenvalue weighted by Crippen LogP contribution is -2.44. The van der Waals surface area contributed by atoms with Gasteiger partial charge in [-0.1, -0.05) is 18.2 Å². The molecule has 1 N–H and O–H groups in total. The zero-order chi connectivity index (χ0) is 15.4. The Labute approximate surface area is 143 Å². The third-order valence-electron chi connectivity index (χ3n) is 4.41. The summed E-state index contributed by atoms with van der Waals surface area (Å²) in [6.07, 6.45) is 3.24. The molecule has 0 saturated carbocycles. The molecular weight excluding hydrogens is 314 g/mol. The lowest BCUT2D eigenvalue weighted by Gasteiger charge is -2.27. The molecule has 2 aliphatic rings. The maximum absolute atomic E-state index is 12.6. The Morgan fingerprint density at radius 1 is 1.09 bits per heavy atom. The first kappa shape index (κ1) is 17.8. The highest BCUT2D eigenvalue weighted by Crippen LogP contribution is 2.26. The maximum atomic E-state index is 12.6. The van der Waals surface area contributed by atoms with E-state index in [1.807, 2.05) is 23.1 Å². The van der Waals surface area contributed by atoms with Crippen molar-refractivity contribution in [3.8, 4) is 0 Å². The van der Waals surface area contributed by atoms with Crippen LogP contribution in [0.4, 0.5) is 5.69 Å². The van der Waals surface area contributed by atoms with Gasteiger partial charge in [0.25, 0.3) is 0 Å². The topological polar surface area (TPSA) is 52.7 Å². The molecule has 2 heterocycles. The number of amides is 2. The summed E-state index contributed by atoms with van der Waals surface area (Å²) in [5, 5.41) is 3.30. The number of rotatable bonds is 2. The van der Waals surface area contributed by atoms with Crippen LogP contribution in [-0.2, 0) is 16.0 Å². The molecule has 0 atom stereocenters. The molecule has 5 nitrogen and oxygen atoms in total. The number of anilines is 1. The molecule has 0 radical (unpaired) electrons. The number of fused-ring (bicyclic) bond motifs is 1. The molecule has 126 valence electrons. The van der Waals surface area contributed by atoms with Crippen molar-refractivity contribution in [2.75, 3.05) is 37.6 Å². The Morgan fingerprint density at radius 2 is 1.91 bits per heavy atom. The van der Waals surface area contributed by atoms with E-state index in [1.165, 1.54) is 5.56 Å². The highest BCUT2D eigenvalue weighted by Gasteiger charge is 2.26. The highest BCUT2D eigenvalue weighted by atomic mass is 35.5. The van der Waals surface area contributed by atoms with E-state index < -0.39 is 0 Å². The first-order valence-corrected chi connectivity index (χ1v) is 8.12. The maximum Gasteiger partial charge on any atom is 0.242 e. The van der Waals surface area contributed by atoms with Crippen LogP contribution in [0.5, 0.6) is 0 Å². The van der Waals surface area contributed by atoms with Crippen molar-refractivity contribution in [2.45, 2.75) is 25.7 Å². The molecule has 23 heavy (non-hydrogen) atoms. The van der Waals surface area contributed by atoms with Crippen LogP contribution in [0.15, 0.2) is 24.3 Å². The van der Waals surface area contributed by atoms with Gasteiger partial charge in [0.2, 0.25) is 11.8 Å². The van der Waals surface area contributed by atoms with E-state index in [2.05, 4.69) is 11.4 Å². The summed E-state index contributed by atoms with van der Waals surface area (Å²) in [6.45, 7) is 3.44. The summed E-state index contributed by atoms with van der Waals surface area (Å²) >= 11 is 0. The molecule has 1 saturated heterocycles. The van der Waals surface area contributed by atoms with Gasteiger partial charge in [0.05, 0.1) is 0 Å². The zero-order valence-electron chi connectivity index (χ0n) is 13.3. The Hall–Kier alpha value is -1.59. The van der Waals surface area contributed by atoms with Crippen LogP contribution < -0.4 is 10.2 Å². The third-order valence-corrected chi connectivity index (χ3v) is 4.41. The number of benzene rings is 1. The number of hydrogen-bond acceptors (Lipinski definition) is 3. The van der Waals surface area contributed by atoms with Gasteiger partial charge in [-0.05, 0) is 37.4 Å². The van der Waals surface area contributed by atoms with Crippen molar-refractivity contribution in [3.05, 3.63) is 29.8 Å². The summed E-state index contributed by atoms with van der Waals surface area (Å²) in [4.78, 5) is 28.6. The molecule has 0 aromatic heterocycles. The van der Waals surface area contributed by atoms with Crippen LogP contribution in [0.3, 0.4) is 0 Å². The molecule has 3 rings (SSSR count). The molecule has 0 spiro atoms. The lowest BCUT2D eigenvalue weighted by molar-refractivity contribution is -0.131. The van der Waals surface area contributed by atoms with Crippen LogP contribution in [-0.4, -0.2) is 49.4 Å². The van der Waals surface area contributed by atoms with Crippen molar-refractivity contribution in [1.82, 2.24) is 10.2 Å². The SMILES string of the molecule is Cl.O=C(CN1C(=O)CCCc2ccccc21)N1CCCNCC1. The van der Waals surface area contributed by atoms with Crippen LogP contribution in [0.1, 0.15) is 24.8 Å². The summed E-state index contributed by atoms with van der Waals surface area (Å²) in [7, 11) is 0. The number of para-hydroxylation sites is 1. The van der Waals surface area contributed by atoms with Gasteiger partial charge in [-0.25, -0.2) is 0 Å². The minimum absolute atomic E-state index is 0. The monoisotopic (exact) mass is 337 g/mol. The van der Waals surface area contributed by atoms with Gasteiger partial charge >= 0.3 is 0 Å². The van der Waals surface area contributed by atoms with Crippen molar-refractivity contribution in [1.29, 1.82) is 0 Å². The van der Waals surface area contributed by atoms with Gasteiger partial charge < -0.3 is 15.1 Å². The number of carbonyl (C=O) groups excluding carboxylic acids is 2. The normalized spacial score (nSPS) is 18.5. The van der Waals surface area contributed by atoms with Crippen molar-refractivity contribution < 1.29 is 9.59 Å². The second kappa shape index (κ2) is 8.31. The van der Waals surface area contributed by atoms with E-state index in [0.717, 1.165) is 51.1 Å². The Bertz CT molecular complexity index is 557. The number of carbonyl (C=O) groups is 2. The molecule has 0 unspecified atom stereocenters. The average molecular weight is 338 g/mol. The first-order valence-electron chi connectivity index (χ1n) is 8.12. The van der Waals surface area contributed by atoms with Crippen molar-refractivity contribution >= 4 is 29.9 Å². The second-order valence-corrected chi connectivity index (χ2v) is 5.95. The fraction of sp³-hybridized carbons (Fsp3) is 0.529. The predicted octanol–water partition coefficient (Wildman–Crippen LogP) is 1.60. The number of nitrogens with one attached hydrogen (secondary N) is 1. The smallest absolute Gasteiger partial charge is 0.242 e. The van der Waals surface area contributed by atoms with Crippen LogP contribution >= 0.6 is 12.4 Å². The molecule has 6 heteroatoms. The number of aryl methyl sites for hydroxylation is 1. The van der Waals surface area contributed by atoms with Crippen LogP contribution in [0, 0.1) is 0 Å². The lowest BCUT2D eigenvalue weighted by atomic mass is 10.1. The van der Waals surface area contributed by atoms with E-state index in [4.69, 9.17) is 0 Å². The molecular formula is C17H24ClN3O2. The van der Waals surface area contributed by atoms with Gasteiger partial charge in [0, 0.05) is 31.7 Å². The van der Waals surface area contributed by atoms with Gasteiger partial charge in [-0.3, -0.25) is 9.59 Å². The van der Waals surface area contributed by atoms with Crippen LogP contribution in [0.2, 0.25) is 0 Å². The Kier molecular flexibility index (Phi) is 6.42. The third kappa shape index (κ3) is 4.24. The van der Waals surface area contributed by atoms with Gasteiger partial charge in [-0.15, -0.1) is 12.4 Å². The van der Waals surface area contributed by atoms with E-state index in [-0.39, 0.29) is 30.8 Å². The molecule has 0 bridgehead atoms. The van der Waals surface area contributed by atoms with E-state index >= 15 is 0 Å². The highest BCUT2D eigenvalue weighted by molar-refractivity contribution is 5.99. The van der Waals surface area contributed by atoms with Crippen molar-refractivity contribution in [2.24, 2.45) is 0 Å². The zero-order valence-corrected chi connectivity index (χ0v) is 14.1. The molecule has 1 aromatic rings. The van der Waals surface area contributed by atoms with Crippen LogP contribution in [0.25, 0.3) is 0 Å². The summed E-state index contributed by atoms with van der Waals surface area (Å²) in [5.74, 6) is 0.111. The predicted molar refractivity (Wildman–Crippen MR) is 93.0 cm³/mol. The average Bonchev–Trinajstić information content (AvgIpc) is 2.88. The summed E-state index contributed by atoms with van der Waals surface area (Å²) in [5.41, 5.74) is 2.07. The number of hydrogen-bond donors (Lipinski definition) is 1. The minimum atomic E-state index is 0. The largest absolute Gasteiger partial charge is 0.340 e. The second-order valence-electron chi connectivity index (χ2n) is 5.95. The fourth-order valence-electron chi connectivity index (χ4n) is 3.19. The molecule has 1 fully saturated rings. The molecule has 2 aliphatic heterocycles. The van der Waals surface area contributed by atoms with E-state index in [1.54, 1.807) is 4.90 Å². The Balaban J connectivity index is 0.00000192. The van der Waals surface area contributed by atoms with Gasteiger partial charge in [0.1, 0.15) is 6.54 Å². The quantitative estimate of drug-likeness (QED) is 0.892.